The van der Waals surface area contributed by atoms with E-state index in [0.717, 1.165) is 22.6 Å². The van der Waals surface area contributed by atoms with Crippen molar-refractivity contribution >= 4 is 23.0 Å². The van der Waals surface area contributed by atoms with E-state index in [9.17, 15) is 10.2 Å². The van der Waals surface area contributed by atoms with E-state index in [2.05, 4.69) is 10.4 Å². The third-order valence-corrected chi connectivity index (χ3v) is 4.89. The predicted molar refractivity (Wildman–Crippen MR) is 104 cm³/mol. The lowest BCUT2D eigenvalue weighted by molar-refractivity contribution is -0.0395. The molecule has 27 heavy (non-hydrogen) atoms. The Bertz CT molecular complexity index is 914. The quantitative estimate of drug-likeness (QED) is 0.639. The fourth-order valence-corrected chi connectivity index (χ4v) is 3.28. The molecule has 0 spiro atoms. The maximum Gasteiger partial charge on any atom is 0.179 e. The van der Waals surface area contributed by atoms with Crippen molar-refractivity contribution in [3.63, 3.8) is 0 Å². The molecule has 0 aliphatic carbocycles. The van der Waals surface area contributed by atoms with Crippen molar-refractivity contribution in [3.05, 3.63) is 65.8 Å². The van der Waals surface area contributed by atoms with Gasteiger partial charge in [-0.2, -0.15) is 5.10 Å². The molecule has 4 atom stereocenters. The average molecular weight is 386 g/mol. The normalized spacial score (nSPS) is 24.9. The van der Waals surface area contributed by atoms with Gasteiger partial charge in [0.1, 0.15) is 17.9 Å². The molecule has 1 aromatic heterocycles. The monoisotopic (exact) mass is 385 g/mol. The lowest BCUT2D eigenvalue weighted by Crippen LogP contribution is -2.30. The topological polar surface area (TPSA) is 79.5 Å². The van der Waals surface area contributed by atoms with Gasteiger partial charge < -0.3 is 20.3 Å². The van der Waals surface area contributed by atoms with Crippen molar-refractivity contribution in [3.8, 4) is 11.3 Å². The molecule has 0 saturated carbocycles. The first-order chi connectivity index (χ1) is 13.0. The maximum atomic E-state index is 10.3. The second-order valence-corrected chi connectivity index (χ2v) is 7.02. The molecule has 2 heterocycles. The Labute approximate surface area is 162 Å². The van der Waals surface area contributed by atoms with Crippen molar-refractivity contribution in [1.82, 2.24) is 9.78 Å². The lowest BCUT2D eigenvalue weighted by Gasteiger charge is -2.14. The Morgan fingerprint density at radius 2 is 1.74 bits per heavy atom. The molecule has 3 N–H and O–H groups in total. The van der Waals surface area contributed by atoms with Crippen LogP contribution in [0.5, 0.6) is 0 Å². The van der Waals surface area contributed by atoms with E-state index in [1.54, 1.807) is 29.9 Å². The molecule has 2 aromatic carbocycles. The summed E-state index contributed by atoms with van der Waals surface area (Å²) in [5, 5.41) is 28.9. The van der Waals surface area contributed by atoms with Crippen molar-refractivity contribution in [2.24, 2.45) is 0 Å². The molecule has 1 unspecified atom stereocenters. The first-order valence-corrected chi connectivity index (χ1v) is 9.09. The van der Waals surface area contributed by atoms with Gasteiger partial charge in [-0.1, -0.05) is 41.9 Å². The van der Waals surface area contributed by atoms with Crippen LogP contribution >= 0.6 is 11.6 Å². The first kappa shape index (κ1) is 18.0. The summed E-state index contributed by atoms with van der Waals surface area (Å²) < 4.78 is 7.25. The van der Waals surface area contributed by atoms with E-state index < -0.39 is 24.5 Å². The van der Waals surface area contributed by atoms with Gasteiger partial charge in [0.15, 0.2) is 6.23 Å². The fourth-order valence-electron chi connectivity index (χ4n) is 3.16. The van der Waals surface area contributed by atoms with Crippen LogP contribution in [-0.4, -0.2) is 38.3 Å². The summed E-state index contributed by atoms with van der Waals surface area (Å²) in [6.45, 7) is 1.72. The molecular weight excluding hydrogens is 366 g/mol. The smallest absolute Gasteiger partial charge is 0.179 e. The van der Waals surface area contributed by atoms with Crippen LogP contribution in [0, 0.1) is 0 Å². The summed E-state index contributed by atoms with van der Waals surface area (Å²) in [5.41, 5.74) is 3.26. The van der Waals surface area contributed by atoms with Crippen molar-refractivity contribution in [2.45, 2.75) is 31.5 Å². The Kier molecular flexibility index (Phi) is 4.88. The highest BCUT2D eigenvalue weighted by Gasteiger charge is 2.42. The van der Waals surface area contributed by atoms with E-state index in [1.807, 2.05) is 42.5 Å². The van der Waals surface area contributed by atoms with Crippen LogP contribution in [-0.2, 0) is 4.74 Å². The molecule has 1 saturated heterocycles. The number of halogens is 1. The number of nitrogens with zero attached hydrogens (tertiary/aromatic N) is 2. The number of benzene rings is 2. The summed E-state index contributed by atoms with van der Waals surface area (Å²) >= 11 is 5.96. The molecule has 0 amide bonds. The van der Waals surface area contributed by atoms with Crippen LogP contribution in [0.25, 0.3) is 11.3 Å². The fraction of sp³-hybridized carbons (Fsp3) is 0.250. The maximum absolute atomic E-state index is 10.3. The van der Waals surface area contributed by atoms with E-state index in [-0.39, 0.29) is 0 Å². The Balaban J connectivity index is 1.72. The molecule has 7 heteroatoms. The van der Waals surface area contributed by atoms with E-state index >= 15 is 0 Å². The van der Waals surface area contributed by atoms with Gasteiger partial charge in [0.05, 0.1) is 18.0 Å². The van der Waals surface area contributed by atoms with Crippen LogP contribution in [0.2, 0.25) is 5.02 Å². The first-order valence-electron chi connectivity index (χ1n) is 8.71. The molecular formula is C20H20ClN3O3. The molecule has 4 rings (SSSR count). The summed E-state index contributed by atoms with van der Waals surface area (Å²) in [4.78, 5) is 0. The van der Waals surface area contributed by atoms with E-state index in [0.29, 0.717) is 5.02 Å². The number of ether oxygens (including phenoxy) is 1. The summed E-state index contributed by atoms with van der Waals surface area (Å²) in [6.07, 6.45) is -1.45. The van der Waals surface area contributed by atoms with Crippen molar-refractivity contribution in [1.29, 1.82) is 0 Å². The molecule has 6 nitrogen and oxygen atoms in total. The lowest BCUT2D eigenvalue weighted by atomic mass is 10.1. The minimum absolute atomic E-state index is 0.470. The molecule has 140 valence electrons. The molecule has 1 aliphatic rings. The highest BCUT2D eigenvalue weighted by atomic mass is 35.5. The molecule has 1 aliphatic heterocycles. The largest absolute Gasteiger partial charge is 0.388 e. The van der Waals surface area contributed by atoms with Crippen LogP contribution < -0.4 is 5.32 Å². The predicted octanol–water partition coefficient (Wildman–Crippen LogP) is 3.59. The second kappa shape index (κ2) is 7.32. The van der Waals surface area contributed by atoms with Gasteiger partial charge in [-0.25, -0.2) is 4.68 Å². The number of hydrogen-bond acceptors (Lipinski definition) is 5. The van der Waals surface area contributed by atoms with E-state index in [1.165, 1.54) is 0 Å². The average Bonchev–Trinajstić information content (AvgIpc) is 3.21. The zero-order valence-corrected chi connectivity index (χ0v) is 15.4. The molecule has 3 aromatic rings. The standard InChI is InChI=1S/C20H20ClN3O3/c1-12-18(25)19(26)20(27-12)24-11-16(22-15-9-7-14(21)8-10-15)17(23-24)13-5-3-2-4-6-13/h2-12,18-20,22,25-26H,1H3/t12-,18-,19-,20?/m1/s1. The van der Waals surface area contributed by atoms with Gasteiger partial charge >= 0.3 is 0 Å². The number of aliphatic hydroxyl groups is 2. The van der Waals surface area contributed by atoms with Gasteiger partial charge in [0.25, 0.3) is 0 Å². The third-order valence-electron chi connectivity index (χ3n) is 4.64. The Hall–Kier alpha value is -2.38. The van der Waals surface area contributed by atoms with Gasteiger partial charge in [0.2, 0.25) is 0 Å². The van der Waals surface area contributed by atoms with Gasteiger partial charge in [-0.15, -0.1) is 0 Å². The minimum Gasteiger partial charge on any atom is -0.388 e. The zero-order valence-electron chi connectivity index (χ0n) is 14.7. The number of nitrogens with one attached hydrogen (secondary N) is 1. The van der Waals surface area contributed by atoms with Crippen LogP contribution in [0.3, 0.4) is 0 Å². The molecule has 0 radical (unpaired) electrons. The number of aromatic nitrogens is 2. The second-order valence-electron chi connectivity index (χ2n) is 6.58. The van der Waals surface area contributed by atoms with Gasteiger partial charge in [-0.05, 0) is 31.2 Å². The van der Waals surface area contributed by atoms with Crippen LogP contribution in [0.1, 0.15) is 13.2 Å². The minimum atomic E-state index is -1.05. The molecule has 0 bridgehead atoms. The summed E-state index contributed by atoms with van der Waals surface area (Å²) in [5.74, 6) is 0. The zero-order chi connectivity index (χ0) is 19.0. The highest BCUT2D eigenvalue weighted by Crippen LogP contribution is 2.34. The van der Waals surface area contributed by atoms with E-state index in [4.69, 9.17) is 16.3 Å². The van der Waals surface area contributed by atoms with Crippen molar-refractivity contribution < 1.29 is 14.9 Å². The Morgan fingerprint density at radius 3 is 2.37 bits per heavy atom. The number of rotatable bonds is 4. The van der Waals surface area contributed by atoms with Crippen LogP contribution in [0.4, 0.5) is 11.4 Å². The third kappa shape index (κ3) is 3.57. The SMILES string of the molecule is C[C@H]1OC(n2cc(Nc3ccc(Cl)cc3)c(-c3ccccc3)n2)[C@H](O)[C@@H]1O. The number of hydrogen-bond donors (Lipinski definition) is 3. The number of aliphatic hydroxyl groups excluding tert-OH is 2. The van der Waals surface area contributed by atoms with Crippen LogP contribution in [0.15, 0.2) is 60.8 Å². The van der Waals surface area contributed by atoms with Gasteiger partial charge in [0, 0.05) is 16.3 Å². The van der Waals surface area contributed by atoms with Gasteiger partial charge in [-0.3, -0.25) is 0 Å². The Morgan fingerprint density at radius 1 is 1.04 bits per heavy atom. The number of anilines is 2. The highest BCUT2D eigenvalue weighted by molar-refractivity contribution is 6.30. The summed E-state index contributed by atoms with van der Waals surface area (Å²) in [6, 6.07) is 17.1. The summed E-state index contributed by atoms with van der Waals surface area (Å²) in [7, 11) is 0. The van der Waals surface area contributed by atoms with Crippen molar-refractivity contribution in [2.75, 3.05) is 5.32 Å². The molecule has 1 fully saturated rings.